The minimum Gasteiger partial charge on any atom is -0.400 e. The number of hydrogen-bond donors (Lipinski definition) is 1. The van der Waals surface area contributed by atoms with Crippen LogP contribution in [0.4, 0.5) is 0 Å². The van der Waals surface area contributed by atoms with E-state index >= 15 is 0 Å². The second-order valence-electron chi connectivity index (χ2n) is 1.71. The molecule has 0 aromatic heterocycles. The summed E-state index contributed by atoms with van der Waals surface area (Å²) in [4.78, 5) is 0. The number of aliphatic hydroxyl groups excluding tert-OH is 1. The molecule has 74 valence electrons. The van der Waals surface area contributed by atoms with Crippen molar-refractivity contribution in [2.45, 2.75) is 60.8 Å². The smallest absolute Gasteiger partial charge is 0.0319 e. The largest absolute Gasteiger partial charge is 0.400 e. The van der Waals surface area contributed by atoms with Gasteiger partial charge in [0.25, 0.3) is 0 Å². The molecule has 0 aliphatic carbocycles. The molecule has 0 unspecified atom stereocenters. The van der Waals surface area contributed by atoms with E-state index in [2.05, 4.69) is 27.7 Å². The van der Waals surface area contributed by atoms with E-state index in [9.17, 15) is 0 Å². The topological polar surface area (TPSA) is 20.2 Å². The molecule has 0 spiro atoms. The Morgan fingerprint density at radius 3 is 0.818 bits per heavy atom. The monoisotopic (exact) mass is 164 g/mol. The first kappa shape index (κ1) is 22.4. The van der Waals surface area contributed by atoms with Crippen LogP contribution < -0.4 is 0 Å². The van der Waals surface area contributed by atoms with Crippen LogP contribution in [-0.4, -0.2) is 12.2 Å². The van der Waals surface area contributed by atoms with Gasteiger partial charge in [0.15, 0.2) is 0 Å². The second-order valence-corrected chi connectivity index (χ2v) is 1.71. The van der Waals surface area contributed by atoms with Gasteiger partial charge < -0.3 is 5.11 Å². The number of unbranched alkanes of at least 4 members (excludes halogenated alkanes) is 1. The average Bonchev–Trinajstić information content (AvgIpc) is 2.12. The standard InChI is InChI=1S/C4H10.C3H8.C2H6.CH4O/c1-3-4-2;1-3-2;2*1-2/h3-4H2,1-2H3;3H2,1-2H3;1-2H3;2H,1H3. The van der Waals surface area contributed by atoms with Crippen molar-refractivity contribution in [3.05, 3.63) is 0 Å². The average molecular weight is 164 g/mol. The zero-order chi connectivity index (χ0) is 10.1. The van der Waals surface area contributed by atoms with Crippen LogP contribution in [0.1, 0.15) is 60.8 Å². The van der Waals surface area contributed by atoms with Crippen LogP contribution in [0.2, 0.25) is 0 Å². The quantitative estimate of drug-likeness (QED) is 0.624. The fourth-order valence-corrected chi connectivity index (χ4v) is 0. The van der Waals surface area contributed by atoms with E-state index in [1.807, 2.05) is 13.8 Å². The summed E-state index contributed by atoms with van der Waals surface area (Å²) in [6.45, 7) is 12.6. The first-order chi connectivity index (χ1) is 5.33. The van der Waals surface area contributed by atoms with E-state index in [1.54, 1.807) is 0 Å². The van der Waals surface area contributed by atoms with Crippen molar-refractivity contribution in [2.75, 3.05) is 7.11 Å². The van der Waals surface area contributed by atoms with Crippen molar-refractivity contribution >= 4 is 0 Å². The van der Waals surface area contributed by atoms with Gasteiger partial charge in [-0.3, -0.25) is 0 Å². The van der Waals surface area contributed by atoms with Gasteiger partial charge in [0, 0.05) is 7.11 Å². The molecule has 0 aromatic rings. The van der Waals surface area contributed by atoms with E-state index in [0.29, 0.717) is 0 Å². The molecule has 0 amide bonds. The first-order valence-electron chi connectivity index (χ1n) is 4.78. The fraction of sp³-hybridized carbons (Fsp3) is 1.00. The molecule has 1 nitrogen and oxygen atoms in total. The number of hydrogen-bond acceptors (Lipinski definition) is 1. The Kier molecular flexibility index (Phi) is 186. The van der Waals surface area contributed by atoms with Gasteiger partial charge in [-0.1, -0.05) is 60.8 Å². The lowest BCUT2D eigenvalue weighted by atomic mass is 10.4. The maximum atomic E-state index is 7.00. The molecule has 0 bridgehead atoms. The van der Waals surface area contributed by atoms with Gasteiger partial charge in [-0.25, -0.2) is 0 Å². The molecule has 0 rings (SSSR count). The molecular formula is C10H28O. The summed E-state index contributed by atoms with van der Waals surface area (Å²) in [5.74, 6) is 0. The molecule has 11 heavy (non-hydrogen) atoms. The summed E-state index contributed by atoms with van der Waals surface area (Å²) in [5, 5.41) is 7.00. The molecule has 0 aliphatic rings. The predicted octanol–water partition coefficient (Wildman–Crippen LogP) is 3.86. The maximum Gasteiger partial charge on any atom is 0.0319 e. The molecule has 1 heteroatoms. The van der Waals surface area contributed by atoms with Crippen LogP contribution in [0.5, 0.6) is 0 Å². The zero-order valence-corrected chi connectivity index (χ0v) is 9.57. The van der Waals surface area contributed by atoms with Crippen LogP contribution in [0, 0.1) is 0 Å². The summed E-state index contributed by atoms with van der Waals surface area (Å²) in [7, 11) is 1.00. The Morgan fingerprint density at radius 2 is 0.818 bits per heavy atom. The van der Waals surface area contributed by atoms with Crippen molar-refractivity contribution in [1.29, 1.82) is 0 Å². The minimum absolute atomic E-state index is 1.00. The molecule has 0 saturated heterocycles. The minimum atomic E-state index is 1.00. The Labute approximate surface area is 73.8 Å². The summed E-state index contributed by atoms with van der Waals surface area (Å²) >= 11 is 0. The highest BCUT2D eigenvalue weighted by atomic mass is 16.2. The Balaban J connectivity index is -0.0000000315. The molecule has 0 atom stereocenters. The second kappa shape index (κ2) is 91.3. The van der Waals surface area contributed by atoms with Crippen molar-refractivity contribution < 1.29 is 5.11 Å². The molecule has 0 radical (unpaired) electrons. The summed E-state index contributed by atoms with van der Waals surface area (Å²) in [6, 6.07) is 0. The number of aliphatic hydroxyl groups is 1. The third-order valence-corrected chi connectivity index (χ3v) is 0.500. The van der Waals surface area contributed by atoms with Gasteiger partial charge in [-0.2, -0.15) is 0 Å². The van der Waals surface area contributed by atoms with Crippen molar-refractivity contribution in [3.8, 4) is 0 Å². The molecule has 0 heterocycles. The Bertz CT molecular complexity index is 12.3. The van der Waals surface area contributed by atoms with Gasteiger partial charge in [0.2, 0.25) is 0 Å². The lowest BCUT2D eigenvalue weighted by molar-refractivity contribution is 0.399. The molecule has 0 fully saturated rings. The molecule has 0 aliphatic heterocycles. The van der Waals surface area contributed by atoms with Gasteiger partial charge in [0.1, 0.15) is 0 Å². The molecule has 0 saturated carbocycles. The van der Waals surface area contributed by atoms with Gasteiger partial charge in [-0.05, 0) is 0 Å². The number of rotatable bonds is 1. The van der Waals surface area contributed by atoms with Crippen LogP contribution in [-0.2, 0) is 0 Å². The molecular weight excluding hydrogens is 136 g/mol. The SMILES string of the molecule is CC.CCC.CCCC.CO. The summed E-state index contributed by atoms with van der Waals surface area (Å²) in [6.07, 6.45) is 3.89. The predicted molar refractivity (Wildman–Crippen MR) is 56.0 cm³/mol. The summed E-state index contributed by atoms with van der Waals surface area (Å²) < 4.78 is 0. The van der Waals surface area contributed by atoms with E-state index < -0.39 is 0 Å². The van der Waals surface area contributed by atoms with E-state index in [-0.39, 0.29) is 0 Å². The molecule has 0 aromatic carbocycles. The van der Waals surface area contributed by atoms with Crippen LogP contribution in [0.3, 0.4) is 0 Å². The lowest BCUT2D eigenvalue weighted by Gasteiger charge is -1.68. The highest BCUT2D eigenvalue weighted by molar-refractivity contribution is 4.12. The van der Waals surface area contributed by atoms with E-state index in [1.165, 1.54) is 19.3 Å². The normalized spacial score (nSPS) is 5.45. The van der Waals surface area contributed by atoms with Crippen molar-refractivity contribution in [3.63, 3.8) is 0 Å². The van der Waals surface area contributed by atoms with Crippen molar-refractivity contribution in [1.82, 2.24) is 0 Å². The molecule has 1 N–H and O–H groups in total. The Morgan fingerprint density at radius 1 is 0.727 bits per heavy atom. The van der Waals surface area contributed by atoms with Crippen LogP contribution in [0.25, 0.3) is 0 Å². The Hall–Kier alpha value is -0.0400. The highest BCUT2D eigenvalue weighted by Gasteiger charge is 1.56. The third-order valence-electron chi connectivity index (χ3n) is 0.500. The maximum absolute atomic E-state index is 7.00. The van der Waals surface area contributed by atoms with Crippen molar-refractivity contribution in [2.24, 2.45) is 0 Å². The van der Waals surface area contributed by atoms with Crippen LogP contribution in [0.15, 0.2) is 0 Å². The highest BCUT2D eigenvalue weighted by Crippen LogP contribution is 1.76. The van der Waals surface area contributed by atoms with Gasteiger partial charge >= 0.3 is 0 Å². The third kappa shape index (κ3) is 685. The van der Waals surface area contributed by atoms with E-state index in [0.717, 1.165) is 7.11 Å². The summed E-state index contributed by atoms with van der Waals surface area (Å²) in [5.41, 5.74) is 0. The lowest BCUT2D eigenvalue weighted by Crippen LogP contribution is -1.47. The zero-order valence-electron chi connectivity index (χ0n) is 9.57. The van der Waals surface area contributed by atoms with Gasteiger partial charge in [0.05, 0.1) is 0 Å². The first-order valence-corrected chi connectivity index (χ1v) is 4.78. The van der Waals surface area contributed by atoms with Crippen LogP contribution >= 0.6 is 0 Å². The fourth-order valence-electron chi connectivity index (χ4n) is 0. The van der Waals surface area contributed by atoms with E-state index in [4.69, 9.17) is 5.11 Å². The van der Waals surface area contributed by atoms with Gasteiger partial charge in [-0.15, -0.1) is 0 Å².